The zero-order chi connectivity index (χ0) is 11.8. The summed E-state index contributed by atoms with van der Waals surface area (Å²) in [6, 6.07) is -0.338. The van der Waals surface area contributed by atoms with Crippen molar-refractivity contribution in [2.75, 3.05) is 19.7 Å². The number of carbonyl (C=O) groups is 2. The number of aliphatic carboxylic acids is 1. The molecular weight excluding hydrogens is 212 g/mol. The van der Waals surface area contributed by atoms with Crippen LogP contribution in [0.2, 0.25) is 0 Å². The molecule has 6 nitrogen and oxygen atoms in total. The highest BCUT2D eigenvalue weighted by Crippen LogP contribution is 2.11. The lowest BCUT2D eigenvalue weighted by Gasteiger charge is -2.22. The Bertz CT molecular complexity index is 239. The van der Waals surface area contributed by atoms with Gasteiger partial charge in [-0.2, -0.15) is 0 Å². The van der Waals surface area contributed by atoms with E-state index < -0.39 is 5.97 Å². The summed E-state index contributed by atoms with van der Waals surface area (Å²) in [6.07, 6.45) is 3.22. The number of carbonyl (C=O) groups excluding carboxylic acids is 1. The van der Waals surface area contributed by atoms with Crippen LogP contribution in [0.15, 0.2) is 0 Å². The number of urea groups is 1. The number of carboxylic acids is 1. The maximum absolute atomic E-state index is 11.2. The van der Waals surface area contributed by atoms with Gasteiger partial charge in [-0.3, -0.25) is 4.79 Å². The van der Waals surface area contributed by atoms with Crippen molar-refractivity contribution in [1.29, 1.82) is 0 Å². The Labute approximate surface area is 94.3 Å². The lowest BCUT2D eigenvalue weighted by atomic mass is 10.1. The molecule has 3 N–H and O–H groups in total. The predicted octanol–water partition coefficient (Wildman–Crippen LogP) is 0.329. The van der Waals surface area contributed by atoms with Crippen LogP contribution in [0.4, 0.5) is 4.79 Å². The summed E-state index contributed by atoms with van der Waals surface area (Å²) >= 11 is 0. The van der Waals surface area contributed by atoms with Gasteiger partial charge in [0.25, 0.3) is 0 Å². The number of hydrogen-bond donors (Lipinski definition) is 3. The molecule has 1 saturated heterocycles. The summed E-state index contributed by atoms with van der Waals surface area (Å²) in [5.41, 5.74) is 0. The number of rotatable bonds is 5. The molecule has 0 aromatic heterocycles. The van der Waals surface area contributed by atoms with Crippen molar-refractivity contribution in [2.45, 2.75) is 31.8 Å². The molecule has 0 aromatic rings. The predicted molar refractivity (Wildman–Crippen MR) is 57.2 cm³/mol. The van der Waals surface area contributed by atoms with Crippen molar-refractivity contribution in [2.24, 2.45) is 0 Å². The number of ether oxygens (including phenoxy) is 1. The number of nitrogens with one attached hydrogen (secondary N) is 2. The number of hydrogen-bond acceptors (Lipinski definition) is 3. The van der Waals surface area contributed by atoms with Gasteiger partial charge in [-0.15, -0.1) is 0 Å². The minimum Gasteiger partial charge on any atom is -0.481 e. The summed E-state index contributed by atoms with van der Waals surface area (Å²) in [5, 5.41) is 13.5. The van der Waals surface area contributed by atoms with Gasteiger partial charge in [-0.05, 0) is 19.3 Å². The van der Waals surface area contributed by atoms with Crippen LogP contribution >= 0.6 is 0 Å². The molecule has 1 heterocycles. The fourth-order valence-electron chi connectivity index (χ4n) is 1.52. The molecule has 0 aromatic carbocycles. The molecule has 92 valence electrons. The molecule has 16 heavy (non-hydrogen) atoms. The Morgan fingerprint density at radius 1 is 1.31 bits per heavy atom. The van der Waals surface area contributed by atoms with Crippen LogP contribution in [-0.2, 0) is 9.53 Å². The van der Waals surface area contributed by atoms with Gasteiger partial charge in [0.1, 0.15) is 0 Å². The number of carboxylic acid groups (broad SMARTS) is 1. The second-order valence-electron chi connectivity index (χ2n) is 3.77. The first-order valence-corrected chi connectivity index (χ1v) is 5.53. The van der Waals surface area contributed by atoms with E-state index in [9.17, 15) is 9.59 Å². The van der Waals surface area contributed by atoms with Crippen LogP contribution in [0.3, 0.4) is 0 Å². The molecule has 6 heteroatoms. The molecule has 1 unspecified atom stereocenters. The lowest BCUT2D eigenvalue weighted by molar-refractivity contribution is -0.136. The molecule has 1 atom stereocenters. The zero-order valence-corrected chi connectivity index (χ0v) is 9.20. The summed E-state index contributed by atoms with van der Waals surface area (Å²) < 4.78 is 5.43. The van der Waals surface area contributed by atoms with Crippen molar-refractivity contribution in [3.8, 4) is 0 Å². The standard InChI is InChI=1S/C10H18N2O4/c13-9(14)4-5-11-10(15)12-7-8-3-1-2-6-16-8/h8H,1-7H2,(H,13,14)(H2,11,12,15). The monoisotopic (exact) mass is 230 g/mol. The first-order valence-electron chi connectivity index (χ1n) is 5.53. The molecular formula is C10H18N2O4. The third-order valence-electron chi connectivity index (χ3n) is 2.39. The van der Waals surface area contributed by atoms with Gasteiger partial charge in [0.2, 0.25) is 0 Å². The average Bonchev–Trinajstić information content (AvgIpc) is 2.27. The third kappa shape index (κ3) is 5.55. The molecule has 1 aliphatic rings. The van der Waals surface area contributed by atoms with E-state index >= 15 is 0 Å². The van der Waals surface area contributed by atoms with Crippen molar-refractivity contribution >= 4 is 12.0 Å². The largest absolute Gasteiger partial charge is 0.481 e. The van der Waals surface area contributed by atoms with Crippen LogP contribution in [0, 0.1) is 0 Å². The first kappa shape index (κ1) is 12.8. The SMILES string of the molecule is O=C(O)CCNC(=O)NCC1CCCCO1. The maximum Gasteiger partial charge on any atom is 0.314 e. The Morgan fingerprint density at radius 3 is 2.75 bits per heavy atom. The van der Waals surface area contributed by atoms with Crippen LogP contribution in [0.5, 0.6) is 0 Å². The first-order chi connectivity index (χ1) is 7.68. The van der Waals surface area contributed by atoms with Gasteiger partial charge in [0.15, 0.2) is 0 Å². The molecule has 1 fully saturated rings. The molecule has 0 aliphatic carbocycles. The molecule has 1 aliphatic heterocycles. The van der Waals surface area contributed by atoms with Crippen LogP contribution in [0.25, 0.3) is 0 Å². The zero-order valence-electron chi connectivity index (χ0n) is 9.20. The third-order valence-corrected chi connectivity index (χ3v) is 2.39. The Kier molecular flexibility index (Phi) is 5.63. The van der Waals surface area contributed by atoms with Gasteiger partial charge in [0, 0.05) is 19.7 Å². The second-order valence-corrected chi connectivity index (χ2v) is 3.77. The van der Waals surface area contributed by atoms with E-state index in [-0.39, 0.29) is 25.1 Å². The minimum atomic E-state index is -0.920. The van der Waals surface area contributed by atoms with Gasteiger partial charge in [-0.25, -0.2) is 4.79 Å². The van der Waals surface area contributed by atoms with E-state index in [4.69, 9.17) is 9.84 Å². The van der Waals surface area contributed by atoms with Crippen LogP contribution in [-0.4, -0.2) is 42.9 Å². The van der Waals surface area contributed by atoms with Gasteiger partial charge in [-0.1, -0.05) is 0 Å². The van der Waals surface area contributed by atoms with E-state index in [1.54, 1.807) is 0 Å². The number of amides is 2. The highest BCUT2D eigenvalue weighted by Gasteiger charge is 2.14. The second kappa shape index (κ2) is 7.05. The summed E-state index contributed by atoms with van der Waals surface area (Å²) in [5.74, 6) is -0.920. The fraction of sp³-hybridized carbons (Fsp3) is 0.800. The Hall–Kier alpha value is -1.30. The van der Waals surface area contributed by atoms with Crippen LogP contribution < -0.4 is 10.6 Å². The quantitative estimate of drug-likeness (QED) is 0.635. The summed E-state index contributed by atoms with van der Waals surface area (Å²) in [6.45, 7) is 1.39. The van der Waals surface area contributed by atoms with Gasteiger partial charge < -0.3 is 20.5 Å². The van der Waals surface area contributed by atoms with Crippen molar-refractivity contribution in [3.63, 3.8) is 0 Å². The summed E-state index contributed by atoms with van der Waals surface area (Å²) in [7, 11) is 0. The minimum absolute atomic E-state index is 0.0622. The molecule has 0 bridgehead atoms. The highest BCUT2D eigenvalue weighted by molar-refractivity contribution is 5.74. The normalized spacial score (nSPS) is 20.1. The van der Waals surface area contributed by atoms with E-state index in [0.29, 0.717) is 6.54 Å². The molecule has 1 rings (SSSR count). The fourth-order valence-corrected chi connectivity index (χ4v) is 1.52. The van der Waals surface area contributed by atoms with Gasteiger partial charge >= 0.3 is 12.0 Å². The van der Waals surface area contributed by atoms with E-state index in [1.807, 2.05) is 0 Å². The molecule has 0 radical (unpaired) electrons. The average molecular weight is 230 g/mol. The highest BCUT2D eigenvalue weighted by atomic mass is 16.5. The Morgan fingerprint density at radius 2 is 2.12 bits per heavy atom. The Balaban J connectivity index is 2.02. The smallest absolute Gasteiger partial charge is 0.314 e. The topological polar surface area (TPSA) is 87.7 Å². The lowest BCUT2D eigenvalue weighted by Crippen LogP contribution is -2.41. The maximum atomic E-state index is 11.2. The molecule has 0 saturated carbocycles. The van der Waals surface area contributed by atoms with Crippen molar-refractivity contribution in [3.05, 3.63) is 0 Å². The van der Waals surface area contributed by atoms with Crippen molar-refractivity contribution < 1.29 is 19.4 Å². The summed E-state index contributed by atoms with van der Waals surface area (Å²) in [4.78, 5) is 21.4. The van der Waals surface area contributed by atoms with Gasteiger partial charge in [0.05, 0.1) is 12.5 Å². The molecule has 2 amide bonds. The van der Waals surface area contributed by atoms with E-state index in [1.165, 1.54) is 0 Å². The van der Waals surface area contributed by atoms with Crippen molar-refractivity contribution in [1.82, 2.24) is 10.6 Å². The van der Waals surface area contributed by atoms with E-state index in [2.05, 4.69) is 10.6 Å². The van der Waals surface area contributed by atoms with Crippen LogP contribution in [0.1, 0.15) is 25.7 Å². The molecule has 0 spiro atoms. The van der Waals surface area contributed by atoms with E-state index in [0.717, 1.165) is 25.9 Å².